The monoisotopic (exact) mass is 784 g/mol. The van der Waals surface area contributed by atoms with Crippen LogP contribution < -0.4 is 48.0 Å². The molecule has 0 unspecified atom stereocenters. The average Bonchev–Trinajstić information content (AvgIpc) is 2.81. The number of ether oxygens (including phenoxy) is 2. The molecule has 0 radical (unpaired) electrons. The van der Waals surface area contributed by atoms with E-state index in [1.165, 1.54) is 77.0 Å². The van der Waals surface area contributed by atoms with E-state index < -0.39 is 0 Å². The number of hydrogen-bond donors (Lipinski definition) is 0. The Kier molecular flexibility index (Phi) is 10.3. The Morgan fingerprint density at radius 1 is 0.550 bits per heavy atom. The molecule has 0 atom stereocenters. The van der Waals surface area contributed by atoms with E-state index in [0.717, 1.165) is 57.6 Å². The summed E-state index contributed by atoms with van der Waals surface area (Å²) in [5, 5.41) is 0. The summed E-state index contributed by atoms with van der Waals surface area (Å²) in [6, 6.07) is 0. The summed E-state index contributed by atoms with van der Waals surface area (Å²) < 4.78 is 13.2. The Morgan fingerprint density at radius 3 is 1.05 bits per heavy atom. The zero-order valence-corrected chi connectivity index (χ0v) is 29.8. The first kappa shape index (κ1) is 33.2. The Balaban J connectivity index is 0.00000185. The molecule has 230 valence electrons. The van der Waals surface area contributed by atoms with E-state index in [-0.39, 0.29) is 72.7 Å². The van der Waals surface area contributed by atoms with Crippen LogP contribution in [0, 0.1) is 35.5 Å². The van der Waals surface area contributed by atoms with Crippen LogP contribution >= 0.6 is 0 Å². The summed E-state index contributed by atoms with van der Waals surface area (Å²) in [5.74, 6) is 4.99. The summed E-state index contributed by atoms with van der Waals surface area (Å²) in [6.07, 6.45) is 17.0. The van der Waals surface area contributed by atoms with Crippen molar-refractivity contribution < 1.29 is 76.0 Å². The van der Waals surface area contributed by atoms with Crippen molar-refractivity contribution >= 4 is 11.9 Å². The Bertz CT molecular complexity index is 791. The van der Waals surface area contributed by atoms with Gasteiger partial charge in [0, 0.05) is 38.5 Å². The van der Waals surface area contributed by atoms with Gasteiger partial charge < -0.3 is 66.4 Å². The molecule has 0 heterocycles. The van der Waals surface area contributed by atoms with Gasteiger partial charge in [0.1, 0.15) is 26.3 Å². The second kappa shape index (κ2) is 12.4. The highest BCUT2D eigenvalue weighted by Gasteiger charge is 2.59. The lowest BCUT2D eigenvalue weighted by Crippen LogP contribution is -3.00. The second-order valence-corrected chi connectivity index (χ2v) is 16.0. The molecular weight excluding hydrogens is 730 g/mol. The molecule has 0 aliphatic heterocycles. The standard InChI is InChI=1S/C32H54N2O4.2HI/c1-33(2,31-17-23-11-24(18-31)13-25(12-23)19-31)7-9-37-29(35)5-6-30(36)38-10-8-34(3,4)32-20-26-14-27(21-32)16-28(15-26)22-32;;/h23-28H,5-22H2,1-4H3;2*1H/q+2;;/p-2. The Hall–Kier alpha value is 0.320. The third-order valence-corrected chi connectivity index (χ3v) is 12.9. The summed E-state index contributed by atoms with van der Waals surface area (Å²) in [5.41, 5.74) is 0.765. The molecule has 0 N–H and O–H groups in total. The zero-order valence-electron chi connectivity index (χ0n) is 25.5. The number of carbonyl (C=O) groups excluding carboxylic acids is 2. The minimum atomic E-state index is -0.267. The predicted octanol–water partition coefficient (Wildman–Crippen LogP) is -1.05. The summed E-state index contributed by atoms with van der Waals surface area (Å²) in [4.78, 5) is 24.9. The maximum atomic E-state index is 12.4. The van der Waals surface area contributed by atoms with Gasteiger partial charge in [-0.2, -0.15) is 0 Å². The molecule has 8 fully saturated rings. The molecule has 0 spiro atoms. The summed E-state index contributed by atoms with van der Waals surface area (Å²) in [6.45, 7) is 2.61. The van der Waals surface area contributed by atoms with Gasteiger partial charge in [0.05, 0.1) is 52.1 Å². The number of carbonyl (C=O) groups is 2. The topological polar surface area (TPSA) is 52.6 Å². The van der Waals surface area contributed by atoms with E-state index in [2.05, 4.69) is 28.2 Å². The van der Waals surface area contributed by atoms with Gasteiger partial charge >= 0.3 is 11.9 Å². The van der Waals surface area contributed by atoms with Gasteiger partial charge in [0.2, 0.25) is 0 Å². The van der Waals surface area contributed by atoms with Crippen LogP contribution in [0.25, 0.3) is 0 Å². The molecule has 6 nitrogen and oxygen atoms in total. The van der Waals surface area contributed by atoms with Crippen molar-refractivity contribution in [3.8, 4) is 0 Å². The van der Waals surface area contributed by atoms with Crippen LogP contribution in [0.4, 0.5) is 0 Å². The van der Waals surface area contributed by atoms with Crippen molar-refractivity contribution in [2.24, 2.45) is 35.5 Å². The smallest absolute Gasteiger partial charge is 0.306 e. The Labute approximate surface area is 277 Å². The van der Waals surface area contributed by atoms with Gasteiger partial charge in [-0.05, 0) is 74.0 Å². The van der Waals surface area contributed by atoms with Crippen molar-refractivity contribution in [3.63, 3.8) is 0 Å². The van der Waals surface area contributed by atoms with Crippen LogP contribution in [-0.2, 0) is 19.1 Å². The Morgan fingerprint density at radius 2 is 0.800 bits per heavy atom. The largest absolute Gasteiger partial charge is 1.00 e. The highest BCUT2D eigenvalue weighted by atomic mass is 127. The quantitative estimate of drug-likeness (QED) is 0.153. The fourth-order valence-corrected chi connectivity index (χ4v) is 11.2. The molecule has 0 saturated heterocycles. The van der Waals surface area contributed by atoms with Crippen LogP contribution in [0.3, 0.4) is 0 Å². The van der Waals surface area contributed by atoms with Crippen LogP contribution in [0.1, 0.15) is 89.9 Å². The molecule has 0 amide bonds. The van der Waals surface area contributed by atoms with E-state index in [9.17, 15) is 9.59 Å². The first-order valence-electron chi connectivity index (χ1n) is 15.9. The number of rotatable bonds is 11. The number of quaternary nitrogens is 2. The van der Waals surface area contributed by atoms with Gasteiger partial charge in [-0.25, -0.2) is 0 Å². The second-order valence-electron chi connectivity index (χ2n) is 16.0. The van der Waals surface area contributed by atoms with Crippen molar-refractivity contribution in [3.05, 3.63) is 0 Å². The molecule has 0 aromatic carbocycles. The molecule has 8 aliphatic carbocycles. The van der Waals surface area contributed by atoms with Crippen molar-refractivity contribution in [2.75, 3.05) is 54.5 Å². The molecule has 8 saturated carbocycles. The average molecular weight is 785 g/mol. The normalized spacial score (nSPS) is 38.9. The highest BCUT2D eigenvalue weighted by Crippen LogP contribution is 2.60. The molecule has 8 bridgehead atoms. The van der Waals surface area contributed by atoms with Gasteiger partial charge in [-0.3, -0.25) is 9.59 Å². The fourth-order valence-electron chi connectivity index (χ4n) is 11.2. The minimum absolute atomic E-state index is 0. The van der Waals surface area contributed by atoms with E-state index in [1.54, 1.807) is 0 Å². The van der Waals surface area contributed by atoms with Crippen LogP contribution in [-0.4, -0.2) is 86.5 Å². The van der Waals surface area contributed by atoms with Gasteiger partial charge in [-0.15, -0.1) is 0 Å². The lowest BCUT2D eigenvalue weighted by atomic mass is 9.52. The van der Waals surface area contributed by atoms with Crippen molar-refractivity contribution in [1.82, 2.24) is 0 Å². The maximum Gasteiger partial charge on any atom is 0.306 e. The predicted molar refractivity (Wildman–Crippen MR) is 147 cm³/mol. The van der Waals surface area contributed by atoms with Gasteiger partial charge in [-0.1, -0.05) is 0 Å². The number of likely N-dealkylation sites (N-methyl/N-ethyl adjacent to an activating group) is 2. The summed E-state index contributed by atoms with van der Waals surface area (Å²) >= 11 is 0. The highest BCUT2D eigenvalue weighted by molar-refractivity contribution is 5.77. The molecule has 8 aliphatic rings. The lowest BCUT2D eigenvalue weighted by molar-refractivity contribution is -0.948. The minimum Gasteiger partial charge on any atom is -1.00 e. The molecule has 0 aromatic heterocycles. The van der Waals surface area contributed by atoms with E-state index in [0.29, 0.717) is 24.3 Å². The molecule has 8 heteroatoms. The molecule has 8 rings (SSSR count). The third-order valence-electron chi connectivity index (χ3n) is 12.9. The van der Waals surface area contributed by atoms with E-state index >= 15 is 0 Å². The van der Waals surface area contributed by atoms with E-state index in [4.69, 9.17) is 9.47 Å². The van der Waals surface area contributed by atoms with Crippen LogP contribution in [0.5, 0.6) is 0 Å². The number of halogens is 2. The number of hydrogen-bond acceptors (Lipinski definition) is 4. The SMILES string of the molecule is C[N+](C)(CCOC(=O)CCC(=O)OCC[N+](C)(C)C12CC3CC(CC(C3)C1)C2)C12CC3CC(CC(C3)C1)C2.[I-].[I-]. The zero-order chi connectivity index (χ0) is 26.8. The van der Waals surface area contributed by atoms with Crippen molar-refractivity contribution in [2.45, 2.75) is 101 Å². The lowest BCUT2D eigenvalue weighted by Gasteiger charge is -2.62. The van der Waals surface area contributed by atoms with E-state index in [1.807, 2.05) is 0 Å². The first-order chi connectivity index (χ1) is 18.0. The number of esters is 2. The maximum absolute atomic E-state index is 12.4. The summed E-state index contributed by atoms with van der Waals surface area (Å²) in [7, 11) is 9.40. The van der Waals surface area contributed by atoms with Crippen LogP contribution in [0.15, 0.2) is 0 Å². The number of nitrogens with zero attached hydrogens (tertiary/aromatic N) is 2. The van der Waals surface area contributed by atoms with Crippen molar-refractivity contribution in [1.29, 1.82) is 0 Å². The molecule has 0 aromatic rings. The first-order valence-corrected chi connectivity index (χ1v) is 15.9. The van der Waals surface area contributed by atoms with Gasteiger partial charge in [0.15, 0.2) is 0 Å². The van der Waals surface area contributed by atoms with Gasteiger partial charge in [0.25, 0.3) is 0 Å². The molecule has 40 heavy (non-hydrogen) atoms. The molecular formula is C32H54I2N2O4. The van der Waals surface area contributed by atoms with Crippen LogP contribution in [0.2, 0.25) is 0 Å². The third kappa shape index (κ3) is 6.40. The fraction of sp³-hybridized carbons (Fsp3) is 0.938.